The smallest absolute Gasteiger partial charge is 0.262 e. The lowest BCUT2D eigenvalue weighted by molar-refractivity contribution is 0.463. The third kappa shape index (κ3) is 3.34. The number of H-pyrrole nitrogens is 1. The van der Waals surface area contributed by atoms with Gasteiger partial charge < -0.3 is 5.73 Å². The number of aromatic nitrogens is 2. The minimum Gasteiger partial charge on any atom is -0.326 e. The minimum atomic E-state index is -3.67. The van der Waals surface area contributed by atoms with Crippen molar-refractivity contribution < 1.29 is 8.42 Å². The highest BCUT2D eigenvalue weighted by atomic mass is 79.9. The number of nitrogens with one attached hydrogen (secondary N) is 1. The van der Waals surface area contributed by atoms with Crippen molar-refractivity contribution in [1.82, 2.24) is 14.5 Å². The molecule has 21 heavy (non-hydrogen) atoms. The number of halogens is 1. The molecule has 0 amide bonds. The van der Waals surface area contributed by atoms with Gasteiger partial charge in [-0.2, -0.15) is 9.40 Å². The van der Waals surface area contributed by atoms with Crippen molar-refractivity contribution >= 4 is 26.0 Å². The molecule has 114 valence electrons. The molecule has 0 aliphatic carbocycles. The average Bonchev–Trinajstić information content (AvgIpc) is 2.82. The Labute approximate surface area is 132 Å². The average molecular weight is 373 g/mol. The Hall–Kier alpha value is -1.22. The van der Waals surface area contributed by atoms with E-state index < -0.39 is 10.0 Å². The zero-order chi connectivity index (χ0) is 15.6. The third-order valence-electron chi connectivity index (χ3n) is 3.21. The Morgan fingerprint density at radius 3 is 2.52 bits per heavy atom. The zero-order valence-electron chi connectivity index (χ0n) is 11.8. The van der Waals surface area contributed by atoms with Gasteiger partial charge in [0, 0.05) is 35.9 Å². The van der Waals surface area contributed by atoms with Crippen LogP contribution in [0, 0.1) is 6.92 Å². The van der Waals surface area contributed by atoms with Crippen molar-refractivity contribution in [3.8, 4) is 0 Å². The van der Waals surface area contributed by atoms with E-state index in [1.54, 1.807) is 6.92 Å². The topological polar surface area (TPSA) is 92.1 Å². The van der Waals surface area contributed by atoms with E-state index in [2.05, 4.69) is 26.1 Å². The van der Waals surface area contributed by atoms with Crippen LogP contribution in [0.3, 0.4) is 0 Å². The van der Waals surface area contributed by atoms with E-state index in [1.807, 2.05) is 24.3 Å². The fraction of sp³-hybridized carbons (Fsp3) is 0.308. The van der Waals surface area contributed by atoms with E-state index in [-0.39, 0.29) is 18.1 Å². The highest BCUT2D eigenvalue weighted by Crippen LogP contribution is 2.21. The van der Waals surface area contributed by atoms with Gasteiger partial charge >= 0.3 is 0 Å². The van der Waals surface area contributed by atoms with Crippen LogP contribution in [0.25, 0.3) is 0 Å². The Balaban J connectivity index is 2.28. The van der Waals surface area contributed by atoms with Crippen molar-refractivity contribution in [2.24, 2.45) is 5.73 Å². The van der Waals surface area contributed by atoms with Gasteiger partial charge in [-0.1, -0.05) is 28.1 Å². The van der Waals surface area contributed by atoms with Crippen LogP contribution in [0.5, 0.6) is 0 Å². The van der Waals surface area contributed by atoms with E-state index in [9.17, 15) is 8.42 Å². The molecule has 1 heterocycles. The van der Waals surface area contributed by atoms with E-state index in [1.165, 1.54) is 11.4 Å². The molecule has 0 spiro atoms. The number of rotatable bonds is 5. The van der Waals surface area contributed by atoms with Gasteiger partial charge in [0.15, 0.2) is 5.03 Å². The second-order valence-corrected chi connectivity index (χ2v) is 7.60. The first kappa shape index (κ1) is 16.2. The molecule has 6 nitrogen and oxygen atoms in total. The Morgan fingerprint density at radius 2 is 1.95 bits per heavy atom. The number of sulfonamides is 1. The summed E-state index contributed by atoms with van der Waals surface area (Å²) in [4.78, 5) is 0. The molecule has 1 aromatic carbocycles. The van der Waals surface area contributed by atoms with Gasteiger partial charge in [-0.05, 0) is 24.6 Å². The van der Waals surface area contributed by atoms with Crippen LogP contribution < -0.4 is 5.73 Å². The fourth-order valence-corrected chi connectivity index (χ4v) is 3.55. The molecule has 0 radical (unpaired) electrons. The number of hydrogen-bond donors (Lipinski definition) is 2. The monoisotopic (exact) mass is 372 g/mol. The molecular formula is C13H17BrN4O2S. The van der Waals surface area contributed by atoms with E-state index >= 15 is 0 Å². The maximum atomic E-state index is 12.6. The van der Waals surface area contributed by atoms with Gasteiger partial charge in [0.05, 0.1) is 0 Å². The van der Waals surface area contributed by atoms with Crippen molar-refractivity contribution in [3.63, 3.8) is 0 Å². The van der Waals surface area contributed by atoms with Crippen LogP contribution in [0.15, 0.2) is 33.8 Å². The summed E-state index contributed by atoms with van der Waals surface area (Å²) in [6, 6.07) is 7.49. The minimum absolute atomic E-state index is 0.00196. The molecule has 2 rings (SSSR count). The molecule has 8 heteroatoms. The van der Waals surface area contributed by atoms with Crippen LogP contribution in [-0.2, 0) is 23.1 Å². The number of nitrogens with two attached hydrogens (primary N) is 1. The molecular weight excluding hydrogens is 356 g/mol. The fourth-order valence-electron chi connectivity index (χ4n) is 1.96. The third-order valence-corrected chi connectivity index (χ3v) is 5.52. The zero-order valence-corrected chi connectivity index (χ0v) is 14.2. The highest BCUT2D eigenvalue weighted by molar-refractivity contribution is 9.10. The first-order chi connectivity index (χ1) is 9.86. The molecule has 0 aliphatic rings. The number of hydrogen-bond acceptors (Lipinski definition) is 4. The Bertz CT molecular complexity index is 725. The largest absolute Gasteiger partial charge is 0.326 e. The molecule has 0 atom stereocenters. The highest BCUT2D eigenvalue weighted by Gasteiger charge is 2.27. The lowest BCUT2D eigenvalue weighted by Gasteiger charge is -2.16. The first-order valence-electron chi connectivity index (χ1n) is 6.31. The number of aromatic amines is 1. The molecule has 0 aliphatic heterocycles. The van der Waals surface area contributed by atoms with Crippen LogP contribution in [-0.4, -0.2) is 30.0 Å². The van der Waals surface area contributed by atoms with Gasteiger partial charge in [0.2, 0.25) is 0 Å². The van der Waals surface area contributed by atoms with Crippen molar-refractivity contribution in [2.75, 3.05) is 7.05 Å². The van der Waals surface area contributed by atoms with Crippen LogP contribution in [0.2, 0.25) is 0 Å². The SMILES string of the molecule is Cc1[nH]nc(S(=O)(=O)N(C)Cc2ccc(Br)cc2)c1CN. The van der Waals surface area contributed by atoms with Gasteiger partial charge in [0.25, 0.3) is 10.0 Å². The quantitative estimate of drug-likeness (QED) is 0.836. The lowest BCUT2D eigenvalue weighted by Crippen LogP contribution is -2.28. The van der Waals surface area contributed by atoms with Gasteiger partial charge in [-0.25, -0.2) is 8.42 Å². The Morgan fingerprint density at radius 1 is 1.33 bits per heavy atom. The summed E-state index contributed by atoms with van der Waals surface area (Å²) in [7, 11) is -2.14. The van der Waals surface area contributed by atoms with Crippen molar-refractivity contribution in [1.29, 1.82) is 0 Å². The van der Waals surface area contributed by atoms with E-state index in [0.29, 0.717) is 11.3 Å². The van der Waals surface area contributed by atoms with Crippen molar-refractivity contribution in [3.05, 3.63) is 45.6 Å². The maximum Gasteiger partial charge on any atom is 0.262 e. The van der Waals surface area contributed by atoms with E-state index in [4.69, 9.17) is 5.73 Å². The van der Waals surface area contributed by atoms with Crippen LogP contribution in [0.4, 0.5) is 0 Å². The molecule has 0 saturated heterocycles. The maximum absolute atomic E-state index is 12.6. The number of benzene rings is 1. The predicted molar refractivity (Wildman–Crippen MR) is 84.0 cm³/mol. The number of nitrogens with zero attached hydrogens (tertiary/aromatic N) is 2. The predicted octanol–water partition coefficient (Wildman–Crippen LogP) is 1.76. The summed E-state index contributed by atoms with van der Waals surface area (Å²) in [5.74, 6) is 0. The molecule has 0 bridgehead atoms. The molecule has 0 fully saturated rings. The lowest BCUT2D eigenvalue weighted by atomic mass is 10.2. The molecule has 3 N–H and O–H groups in total. The number of aryl methyl sites for hydroxylation is 1. The molecule has 0 saturated carbocycles. The second-order valence-electron chi connectivity index (χ2n) is 4.72. The normalized spacial score (nSPS) is 12.0. The van der Waals surface area contributed by atoms with Gasteiger partial charge in [0.1, 0.15) is 0 Å². The summed E-state index contributed by atoms with van der Waals surface area (Å²) in [6.45, 7) is 2.15. The van der Waals surface area contributed by atoms with Crippen molar-refractivity contribution in [2.45, 2.75) is 25.0 Å². The Kier molecular flexibility index (Phi) is 4.82. The first-order valence-corrected chi connectivity index (χ1v) is 8.54. The standard InChI is InChI=1S/C13H17BrN4O2S/c1-9-12(7-15)13(17-16-9)21(19,20)18(2)8-10-3-5-11(14)6-4-10/h3-6H,7-8,15H2,1-2H3,(H,16,17). The van der Waals surface area contributed by atoms with Gasteiger partial charge in [-0.3, -0.25) is 5.10 Å². The van der Waals surface area contributed by atoms with Gasteiger partial charge in [-0.15, -0.1) is 0 Å². The summed E-state index contributed by atoms with van der Waals surface area (Å²) >= 11 is 3.35. The van der Waals surface area contributed by atoms with Crippen LogP contribution >= 0.6 is 15.9 Å². The molecule has 2 aromatic rings. The summed E-state index contributed by atoms with van der Waals surface area (Å²) in [5, 5.41) is 6.57. The summed E-state index contributed by atoms with van der Waals surface area (Å²) in [5.41, 5.74) is 7.71. The summed E-state index contributed by atoms with van der Waals surface area (Å²) < 4.78 is 27.4. The molecule has 0 unspecified atom stereocenters. The van der Waals surface area contributed by atoms with Crippen LogP contribution in [0.1, 0.15) is 16.8 Å². The van der Waals surface area contributed by atoms with E-state index in [0.717, 1.165) is 10.0 Å². The summed E-state index contributed by atoms with van der Waals surface area (Å²) in [6.07, 6.45) is 0. The second kappa shape index (κ2) is 6.27. The molecule has 1 aromatic heterocycles.